The minimum atomic E-state index is -0.142. The summed E-state index contributed by atoms with van der Waals surface area (Å²) in [7, 11) is 3.79. The second-order valence-electron chi connectivity index (χ2n) is 2.83. The van der Waals surface area contributed by atoms with Crippen molar-refractivity contribution in [2.45, 2.75) is 20.8 Å². The topological polar surface area (TPSA) is 3.24 Å². The SMILES string of the molecule is CC.Cc1ccc(N(C)C)cc1F. The van der Waals surface area contributed by atoms with E-state index in [4.69, 9.17) is 0 Å². The van der Waals surface area contributed by atoms with Crippen LogP contribution in [0.4, 0.5) is 10.1 Å². The molecule has 0 N–H and O–H groups in total. The van der Waals surface area contributed by atoms with Gasteiger partial charge in [-0.1, -0.05) is 19.9 Å². The van der Waals surface area contributed by atoms with Gasteiger partial charge in [-0.25, -0.2) is 4.39 Å². The molecule has 0 fully saturated rings. The first-order valence-electron chi connectivity index (χ1n) is 4.55. The Morgan fingerprint density at radius 1 is 1.15 bits per heavy atom. The summed E-state index contributed by atoms with van der Waals surface area (Å²) in [6.07, 6.45) is 0. The van der Waals surface area contributed by atoms with Gasteiger partial charge in [-0.05, 0) is 24.6 Å². The lowest BCUT2D eigenvalue weighted by molar-refractivity contribution is 0.618. The fraction of sp³-hybridized carbons (Fsp3) is 0.455. The first-order chi connectivity index (χ1) is 6.11. The number of benzene rings is 1. The number of hydrogen-bond acceptors (Lipinski definition) is 1. The molecule has 0 saturated heterocycles. The van der Waals surface area contributed by atoms with Crippen LogP contribution >= 0.6 is 0 Å². The minimum Gasteiger partial charge on any atom is -0.378 e. The molecule has 1 aromatic rings. The molecule has 1 nitrogen and oxygen atoms in total. The summed E-state index contributed by atoms with van der Waals surface area (Å²) in [4.78, 5) is 1.88. The highest BCUT2D eigenvalue weighted by Gasteiger charge is 1.99. The number of rotatable bonds is 1. The number of nitrogens with zero attached hydrogens (tertiary/aromatic N) is 1. The summed E-state index contributed by atoms with van der Waals surface area (Å²) < 4.78 is 12.9. The monoisotopic (exact) mass is 183 g/mol. The molecule has 0 saturated carbocycles. The normalized spacial score (nSPS) is 8.77. The van der Waals surface area contributed by atoms with E-state index in [0.29, 0.717) is 5.56 Å². The van der Waals surface area contributed by atoms with Gasteiger partial charge in [-0.3, -0.25) is 0 Å². The van der Waals surface area contributed by atoms with Crippen LogP contribution < -0.4 is 4.90 Å². The molecule has 0 heterocycles. The second kappa shape index (κ2) is 5.57. The van der Waals surface area contributed by atoms with Gasteiger partial charge in [0, 0.05) is 19.8 Å². The van der Waals surface area contributed by atoms with Crippen LogP contribution in [0.1, 0.15) is 19.4 Å². The van der Waals surface area contributed by atoms with Crippen LogP contribution in [0, 0.1) is 12.7 Å². The van der Waals surface area contributed by atoms with Crippen molar-refractivity contribution in [2.75, 3.05) is 19.0 Å². The van der Waals surface area contributed by atoms with Gasteiger partial charge >= 0.3 is 0 Å². The average molecular weight is 183 g/mol. The fourth-order valence-electron chi connectivity index (χ4n) is 0.860. The number of halogens is 1. The molecule has 0 unspecified atom stereocenters. The molecule has 0 aliphatic carbocycles. The van der Waals surface area contributed by atoms with Crippen LogP contribution in [-0.2, 0) is 0 Å². The predicted octanol–water partition coefficient (Wildman–Crippen LogP) is 3.23. The summed E-state index contributed by atoms with van der Waals surface area (Å²) in [6.45, 7) is 5.76. The van der Waals surface area contributed by atoms with Crippen molar-refractivity contribution >= 4 is 5.69 Å². The van der Waals surface area contributed by atoms with Crippen LogP contribution in [0.2, 0.25) is 0 Å². The molecule has 0 aliphatic rings. The van der Waals surface area contributed by atoms with Crippen LogP contribution in [0.5, 0.6) is 0 Å². The fourth-order valence-corrected chi connectivity index (χ4v) is 0.860. The maximum absolute atomic E-state index is 12.9. The molecule has 74 valence electrons. The lowest BCUT2D eigenvalue weighted by Gasteiger charge is -2.12. The van der Waals surface area contributed by atoms with Crippen LogP contribution in [0.25, 0.3) is 0 Å². The molecule has 0 aliphatic heterocycles. The molecule has 0 amide bonds. The molecule has 0 radical (unpaired) electrons. The van der Waals surface area contributed by atoms with Crippen molar-refractivity contribution in [3.63, 3.8) is 0 Å². The van der Waals surface area contributed by atoms with E-state index >= 15 is 0 Å². The van der Waals surface area contributed by atoms with Gasteiger partial charge in [0.05, 0.1) is 0 Å². The third-order valence-corrected chi connectivity index (χ3v) is 1.67. The molecule has 2 heteroatoms. The van der Waals surface area contributed by atoms with Crippen LogP contribution in [-0.4, -0.2) is 14.1 Å². The average Bonchev–Trinajstić information content (AvgIpc) is 2.13. The van der Waals surface area contributed by atoms with Gasteiger partial charge in [0.25, 0.3) is 0 Å². The lowest BCUT2D eigenvalue weighted by Crippen LogP contribution is -2.08. The van der Waals surface area contributed by atoms with E-state index in [1.807, 2.05) is 38.9 Å². The maximum Gasteiger partial charge on any atom is 0.128 e. The Kier molecular flexibility index (Phi) is 5.12. The Morgan fingerprint density at radius 3 is 2.08 bits per heavy atom. The molecular formula is C11H18FN. The zero-order valence-corrected chi connectivity index (χ0v) is 9.06. The van der Waals surface area contributed by atoms with Gasteiger partial charge in [-0.15, -0.1) is 0 Å². The Hall–Kier alpha value is -1.05. The minimum absolute atomic E-state index is 0.142. The van der Waals surface area contributed by atoms with E-state index in [1.165, 1.54) is 6.07 Å². The molecule has 0 spiro atoms. The predicted molar refractivity (Wildman–Crippen MR) is 56.8 cm³/mol. The molecule has 1 aromatic carbocycles. The van der Waals surface area contributed by atoms with E-state index < -0.39 is 0 Å². The standard InChI is InChI=1S/C9H12FN.C2H6/c1-7-4-5-8(11(2)3)6-9(7)10;1-2/h4-6H,1-3H3;1-2H3. The van der Waals surface area contributed by atoms with E-state index in [-0.39, 0.29) is 5.82 Å². The van der Waals surface area contributed by atoms with Crippen molar-refractivity contribution in [3.05, 3.63) is 29.6 Å². The zero-order chi connectivity index (χ0) is 10.4. The number of anilines is 1. The summed E-state index contributed by atoms with van der Waals surface area (Å²) in [5.41, 5.74) is 1.59. The lowest BCUT2D eigenvalue weighted by atomic mass is 10.2. The third kappa shape index (κ3) is 3.45. The van der Waals surface area contributed by atoms with E-state index in [2.05, 4.69) is 0 Å². The third-order valence-electron chi connectivity index (χ3n) is 1.67. The smallest absolute Gasteiger partial charge is 0.128 e. The van der Waals surface area contributed by atoms with E-state index in [0.717, 1.165) is 5.69 Å². The van der Waals surface area contributed by atoms with Crippen molar-refractivity contribution in [1.29, 1.82) is 0 Å². The maximum atomic E-state index is 12.9. The number of aryl methyl sites for hydroxylation is 1. The van der Waals surface area contributed by atoms with E-state index in [9.17, 15) is 4.39 Å². The van der Waals surface area contributed by atoms with Crippen molar-refractivity contribution < 1.29 is 4.39 Å². The Morgan fingerprint density at radius 2 is 1.69 bits per heavy atom. The molecule has 13 heavy (non-hydrogen) atoms. The Labute approximate surface area is 80.2 Å². The molecule has 1 rings (SSSR count). The highest BCUT2D eigenvalue weighted by Crippen LogP contribution is 2.15. The molecular weight excluding hydrogens is 165 g/mol. The number of hydrogen-bond donors (Lipinski definition) is 0. The largest absolute Gasteiger partial charge is 0.378 e. The highest BCUT2D eigenvalue weighted by atomic mass is 19.1. The first kappa shape index (κ1) is 11.9. The van der Waals surface area contributed by atoms with Gasteiger partial charge in [0.15, 0.2) is 0 Å². The van der Waals surface area contributed by atoms with Gasteiger partial charge < -0.3 is 4.90 Å². The molecule has 0 aromatic heterocycles. The Bertz CT molecular complexity index is 256. The van der Waals surface area contributed by atoms with E-state index in [1.54, 1.807) is 13.0 Å². The van der Waals surface area contributed by atoms with Gasteiger partial charge in [-0.2, -0.15) is 0 Å². The second-order valence-corrected chi connectivity index (χ2v) is 2.83. The first-order valence-corrected chi connectivity index (χ1v) is 4.55. The summed E-state index contributed by atoms with van der Waals surface area (Å²) in [5, 5.41) is 0. The van der Waals surface area contributed by atoms with Gasteiger partial charge in [0.1, 0.15) is 5.82 Å². The molecule has 0 atom stereocenters. The Balaban J connectivity index is 0.000000671. The quantitative estimate of drug-likeness (QED) is 0.646. The van der Waals surface area contributed by atoms with Crippen molar-refractivity contribution in [1.82, 2.24) is 0 Å². The summed E-state index contributed by atoms with van der Waals surface area (Å²) in [5.74, 6) is -0.142. The summed E-state index contributed by atoms with van der Waals surface area (Å²) >= 11 is 0. The van der Waals surface area contributed by atoms with Gasteiger partial charge in [0.2, 0.25) is 0 Å². The molecule has 0 bridgehead atoms. The zero-order valence-electron chi connectivity index (χ0n) is 9.06. The summed E-state index contributed by atoms with van der Waals surface area (Å²) in [6, 6.07) is 5.22. The van der Waals surface area contributed by atoms with Crippen LogP contribution in [0.15, 0.2) is 18.2 Å². The highest BCUT2D eigenvalue weighted by molar-refractivity contribution is 5.46. The van der Waals surface area contributed by atoms with Crippen molar-refractivity contribution in [2.24, 2.45) is 0 Å². The van der Waals surface area contributed by atoms with Crippen molar-refractivity contribution in [3.8, 4) is 0 Å². The van der Waals surface area contributed by atoms with Crippen LogP contribution in [0.3, 0.4) is 0 Å².